The maximum absolute atomic E-state index is 12.9. The molecule has 0 saturated carbocycles. The van der Waals surface area contributed by atoms with Gasteiger partial charge in [-0.1, -0.05) is 36.4 Å². The van der Waals surface area contributed by atoms with Gasteiger partial charge >= 0.3 is 0 Å². The molecular weight excluding hydrogens is 420 g/mol. The number of aromatic nitrogens is 2. The number of ether oxygens (including phenoxy) is 2. The second kappa shape index (κ2) is 10.3. The largest absolute Gasteiger partial charge is 0.497 e. The SMILES string of the molecule is COc1cccc(C(=O)N2CCC(n3nccc3NC(=O)[C@@H](OC)c3ccccc3)CC2)c1. The molecule has 2 aromatic carbocycles. The van der Waals surface area contributed by atoms with Crippen LogP contribution in [0.5, 0.6) is 5.75 Å². The Hall–Kier alpha value is -3.65. The van der Waals surface area contributed by atoms with Gasteiger partial charge < -0.3 is 19.7 Å². The number of carbonyl (C=O) groups excluding carboxylic acids is 2. The van der Waals surface area contributed by atoms with Crippen LogP contribution in [0.4, 0.5) is 5.82 Å². The number of nitrogens with one attached hydrogen (secondary N) is 1. The molecule has 1 aliphatic heterocycles. The van der Waals surface area contributed by atoms with Crippen molar-refractivity contribution in [2.24, 2.45) is 0 Å². The molecule has 4 rings (SSSR count). The number of hydrogen-bond donors (Lipinski definition) is 1. The number of hydrogen-bond acceptors (Lipinski definition) is 5. The van der Waals surface area contributed by atoms with Gasteiger partial charge in [0.05, 0.1) is 19.3 Å². The number of amides is 2. The normalized spacial score (nSPS) is 15.2. The third kappa shape index (κ3) is 5.06. The van der Waals surface area contributed by atoms with Gasteiger partial charge in [0, 0.05) is 31.8 Å². The molecule has 3 aromatic rings. The number of rotatable bonds is 7. The highest BCUT2D eigenvalue weighted by molar-refractivity contribution is 5.95. The summed E-state index contributed by atoms with van der Waals surface area (Å²) in [4.78, 5) is 27.6. The molecule has 1 fully saturated rings. The first-order valence-corrected chi connectivity index (χ1v) is 11.0. The summed E-state index contributed by atoms with van der Waals surface area (Å²) in [5.74, 6) is 1.02. The maximum atomic E-state index is 12.9. The van der Waals surface area contributed by atoms with Crippen LogP contribution in [0, 0.1) is 0 Å². The van der Waals surface area contributed by atoms with Crippen molar-refractivity contribution in [2.75, 3.05) is 32.6 Å². The molecule has 0 radical (unpaired) electrons. The zero-order chi connectivity index (χ0) is 23.2. The fraction of sp³-hybridized carbons (Fsp3) is 0.320. The van der Waals surface area contributed by atoms with Crippen LogP contribution in [-0.4, -0.2) is 53.8 Å². The molecule has 2 amide bonds. The van der Waals surface area contributed by atoms with Gasteiger partial charge in [-0.05, 0) is 36.6 Å². The minimum atomic E-state index is -0.711. The average Bonchev–Trinajstić information content (AvgIpc) is 3.33. The van der Waals surface area contributed by atoms with E-state index in [9.17, 15) is 9.59 Å². The van der Waals surface area contributed by atoms with E-state index in [0.717, 1.165) is 18.4 Å². The number of likely N-dealkylation sites (tertiary alicyclic amines) is 1. The van der Waals surface area contributed by atoms with Gasteiger partial charge in [0.15, 0.2) is 6.10 Å². The lowest BCUT2D eigenvalue weighted by molar-refractivity contribution is -0.126. The molecule has 0 aliphatic carbocycles. The minimum absolute atomic E-state index is 0.00728. The molecule has 2 heterocycles. The second-order valence-electron chi connectivity index (χ2n) is 7.93. The summed E-state index contributed by atoms with van der Waals surface area (Å²) in [6.07, 6.45) is 2.45. The summed E-state index contributed by atoms with van der Waals surface area (Å²) in [5.41, 5.74) is 1.40. The van der Waals surface area contributed by atoms with Crippen molar-refractivity contribution in [1.82, 2.24) is 14.7 Å². The fourth-order valence-electron chi connectivity index (χ4n) is 4.17. The van der Waals surface area contributed by atoms with Crippen molar-refractivity contribution in [3.05, 3.63) is 78.0 Å². The molecule has 33 heavy (non-hydrogen) atoms. The molecule has 0 bridgehead atoms. The minimum Gasteiger partial charge on any atom is -0.497 e. The lowest BCUT2D eigenvalue weighted by Crippen LogP contribution is -2.39. The Labute approximate surface area is 193 Å². The lowest BCUT2D eigenvalue weighted by Gasteiger charge is -2.33. The Morgan fingerprint density at radius 2 is 1.79 bits per heavy atom. The summed E-state index contributed by atoms with van der Waals surface area (Å²) >= 11 is 0. The van der Waals surface area contributed by atoms with E-state index in [1.54, 1.807) is 31.5 Å². The second-order valence-corrected chi connectivity index (χ2v) is 7.93. The van der Waals surface area contributed by atoms with Gasteiger partial charge in [-0.15, -0.1) is 0 Å². The van der Waals surface area contributed by atoms with E-state index >= 15 is 0 Å². The summed E-state index contributed by atoms with van der Waals surface area (Å²) in [5, 5.41) is 7.39. The van der Waals surface area contributed by atoms with Gasteiger partial charge in [0.2, 0.25) is 0 Å². The number of carbonyl (C=O) groups is 2. The quantitative estimate of drug-likeness (QED) is 0.596. The van der Waals surface area contributed by atoms with Gasteiger partial charge in [-0.2, -0.15) is 5.10 Å². The van der Waals surface area contributed by atoms with Gasteiger partial charge in [0.1, 0.15) is 11.6 Å². The molecule has 1 atom stereocenters. The monoisotopic (exact) mass is 448 g/mol. The van der Waals surface area contributed by atoms with E-state index in [-0.39, 0.29) is 17.9 Å². The Kier molecular flexibility index (Phi) is 7.04. The van der Waals surface area contributed by atoms with Crippen LogP contribution in [0.3, 0.4) is 0 Å². The van der Waals surface area contributed by atoms with Crippen LogP contribution in [0.15, 0.2) is 66.9 Å². The van der Waals surface area contributed by atoms with Crippen LogP contribution < -0.4 is 10.1 Å². The number of nitrogens with zero attached hydrogens (tertiary/aromatic N) is 3. The van der Waals surface area contributed by atoms with E-state index in [2.05, 4.69) is 10.4 Å². The fourth-order valence-corrected chi connectivity index (χ4v) is 4.17. The van der Waals surface area contributed by atoms with E-state index in [1.165, 1.54) is 7.11 Å². The molecule has 1 aliphatic rings. The summed E-state index contributed by atoms with van der Waals surface area (Å²) in [7, 11) is 3.10. The van der Waals surface area contributed by atoms with Crippen LogP contribution >= 0.6 is 0 Å². The average molecular weight is 449 g/mol. The smallest absolute Gasteiger partial charge is 0.259 e. The molecule has 8 nitrogen and oxygen atoms in total. The lowest BCUT2D eigenvalue weighted by atomic mass is 10.0. The van der Waals surface area contributed by atoms with E-state index in [0.29, 0.717) is 30.2 Å². The zero-order valence-corrected chi connectivity index (χ0v) is 18.8. The molecule has 1 saturated heterocycles. The van der Waals surface area contributed by atoms with Crippen molar-refractivity contribution in [2.45, 2.75) is 25.0 Å². The summed E-state index contributed by atoms with van der Waals surface area (Å²) in [6, 6.07) is 18.4. The topological polar surface area (TPSA) is 85.7 Å². The van der Waals surface area contributed by atoms with E-state index in [1.807, 2.05) is 52.0 Å². The van der Waals surface area contributed by atoms with E-state index < -0.39 is 6.10 Å². The summed E-state index contributed by atoms with van der Waals surface area (Å²) in [6.45, 7) is 1.22. The zero-order valence-electron chi connectivity index (χ0n) is 18.8. The van der Waals surface area contributed by atoms with Crippen molar-refractivity contribution < 1.29 is 19.1 Å². The Morgan fingerprint density at radius 1 is 1.03 bits per heavy atom. The molecule has 1 N–H and O–H groups in total. The van der Waals surface area contributed by atoms with Crippen molar-refractivity contribution in [3.8, 4) is 5.75 Å². The Balaban J connectivity index is 1.39. The number of piperidine rings is 1. The number of anilines is 1. The Morgan fingerprint density at radius 3 is 2.48 bits per heavy atom. The van der Waals surface area contributed by atoms with Crippen LogP contribution in [0.25, 0.3) is 0 Å². The van der Waals surface area contributed by atoms with E-state index in [4.69, 9.17) is 9.47 Å². The van der Waals surface area contributed by atoms with Crippen molar-refractivity contribution in [1.29, 1.82) is 0 Å². The first-order valence-electron chi connectivity index (χ1n) is 11.0. The van der Waals surface area contributed by atoms with Gasteiger partial charge in [-0.25, -0.2) is 4.68 Å². The van der Waals surface area contributed by atoms with Gasteiger partial charge in [0.25, 0.3) is 11.8 Å². The molecule has 0 unspecified atom stereocenters. The summed E-state index contributed by atoms with van der Waals surface area (Å²) < 4.78 is 12.5. The predicted octanol–water partition coefficient (Wildman–Crippen LogP) is 3.70. The maximum Gasteiger partial charge on any atom is 0.259 e. The standard InChI is InChI=1S/C25H28N4O4/c1-32-21-10-6-9-19(17-21)25(31)28-15-12-20(13-16-28)29-22(11-14-26-29)27-24(30)23(33-2)18-7-4-3-5-8-18/h3-11,14,17,20,23H,12-13,15-16H2,1-2H3,(H,27,30)/t23-/m0/s1. The number of benzene rings is 2. The highest BCUT2D eigenvalue weighted by Gasteiger charge is 2.27. The highest BCUT2D eigenvalue weighted by Crippen LogP contribution is 2.27. The number of methoxy groups -OCH3 is 2. The molecular formula is C25H28N4O4. The first-order chi connectivity index (χ1) is 16.1. The molecule has 172 valence electrons. The van der Waals surface area contributed by atoms with Crippen LogP contribution in [0.2, 0.25) is 0 Å². The van der Waals surface area contributed by atoms with Crippen LogP contribution in [-0.2, 0) is 9.53 Å². The highest BCUT2D eigenvalue weighted by atomic mass is 16.5. The van der Waals surface area contributed by atoms with Gasteiger partial charge in [-0.3, -0.25) is 9.59 Å². The predicted molar refractivity (Wildman–Crippen MR) is 124 cm³/mol. The molecule has 8 heteroatoms. The van der Waals surface area contributed by atoms with Crippen molar-refractivity contribution >= 4 is 17.6 Å². The third-order valence-corrected chi connectivity index (χ3v) is 5.91. The van der Waals surface area contributed by atoms with Crippen molar-refractivity contribution in [3.63, 3.8) is 0 Å². The van der Waals surface area contributed by atoms with Crippen LogP contribution in [0.1, 0.15) is 40.9 Å². The molecule has 1 aromatic heterocycles. The Bertz CT molecular complexity index is 1090. The first kappa shape index (κ1) is 22.5. The molecule has 0 spiro atoms. The third-order valence-electron chi connectivity index (χ3n) is 5.91.